The second-order valence-electron chi connectivity index (χ2n) is 1.99. The molecule has 0 fully saturated rings. The number of hydrogen-bond acceptors (Lipinski definition) is 2. The summed E-state index contributed by atoms with van der Waals surface area (Å²) < 4.78 is 6.08. The zero-order valence-corrected chi connectivity index (χ0v) is 7.54. The second-order valence-corrected chi connectivity index (χ2v) is 3.12. The lowest BCUT2D eigenvalue weighted by molar-refractivity contribution is 0.359. The third-order valence-corrected chi connectivity index (χ3v) is 1.26. The molecule has 0 amide bonds. The molecule has 0 saturated carbocycles. The Bertz CT molecular complexity index is 235. The molecule has 1 heterocycles. The minimum absolute atomic E-state index is 0.478. The Hall–Kier alpha value is -0.830. The highest BCUT2D eigenvalue weighted by Gasteiger charge is 1.91. The molecule has 0 N–H and O–H groups in total. The molecular formula is C8H8BrNO. The van der Waals surface area contributed by atoms with Gasteiger partial charge in [-0.2, -0.15) is 0 Å². The van der Waals surface area contributed by atoms with Crippen molar-refractivity contribution in [1.29, 1.82) is 0 Å². The van der Waals surface area contributed by atoms with Gasteiger partial charge in [0, 0.05) is 10.7 Å². The third-order valence-electron chi connectivity index (χ3n) is 1.03. The van der Waals surface area contributed by atoms with E-state index in [1.54, 1.807) is 12.4 Å². The molecule has 1 aromatic heterocycles. The Morgan fingerprint density at radius 2 is 2.55 bits per heavy atom. The highest BCUT2D eigenvalue weighted by atomic mass is 79.9. The molecule has 2 nitrogen and oxygen atoms in total. The van der Waals surface area contributed by atoms with Gasteiger partial charge in [0.05, 0.1) is 6.20 Å². The first-order valence-electron chi connectivity index (χ1n) is 3.15. The SMILES string of the molecule is C=C(Br)COc1cccnc1. The van der Waals surface area contributed by atoms with Crippen molar-refractivity contribution in [3.05, 3.63) is 35.6 Å². The van der Waals surface area contributed by atoms with E-state index >= 15 is 0 Å². The smallest absolute Gasteiger partial charge is 0.138 e. The maximum Gasteiger partial charge on any atom is 0.138 e. The first kappa shape index (κ1) is 8.27. The number of pyridine rings is 1. The molecule has 0 spiro atoms. The lowest BCUT2D eigenvalue weighted by atomic mass is 10.5. The van der Waals surface area contributed by atoms with E-state index in [1.165, 1.54) is 0 Å². The standard InChI is InChI=1S/C8H8BrNO/c1-7(9)6-11-8-3-2-4-10-5-8/h2-5H,1,6H2. The van der Waals surface area contributed by atoms with Crippen LogP contribution < -0.4 is 4.74 Å². The predicted molar refractivity (Wildman–Crippen MR) is 47.8 cm³/mol. The Morgan fingerprint density at radius 1 is 1.73 bits per heavy atom. The van der Waals surface area contributed by atoms with Gasteiger partial charge in [0.2, 0.25) is 0 Å². The average Bonchev–Trinajstić information content (AvgIpc) is 2.03. The Labute approximate surface area is 74.0 Å². The average molecular weight is 214 g/mol. The largest absolute Gasteiger partial charge is 0.487 e. The zero-order valence-electron chi connectivity index (χ0n) is 5.96. The van der Waals surface area contributed by atoms with Crippen molar-refractivity contribution in [3.63, 3.8) is 0 Å². The molecule has 1 rings (SSSR count). The quantitative estimate of drug-likeness (QED) is 0.770. The van der Waals surface area contributed by atoms with Gasteiger partial charge < -0.3 is 4.74 Å². The minimum Gasteiger partial charge on any atom is -0.487 e. The maximum absolute atomic E-state index is 5.26. The molecule has 11 heavy (non-hydrogen) atoms. The van der Waals surface area contributed by atoms with Crippen molar-refractivity contribution in [2.45, 2.75) is 0 Å². The van der Waals surface area contributed by atoms with Gasteiger partial charge in [-0.25, -0.2) is 0 Å². The van der Waals surface area contributed by atoms with Crippen molar-refractivity contribution >= 4 is 15.9 Å². The summed E-state index contributed by atoms with van der Waals surface area (Å²) in [6.07, 6.45) is 3.37. The van der Waals surface area contributed by atoms with Gasteiger partial charge >= 0.3 is 0 Å². The van der Waals surface area contributed by atoms with Gasteiger partial charge in [0.25, 0.3) is 0 Å². The molecule has 0 bridgehead atoms. The first-order valence-corrected chi connectivity index (χ1v) is 3.94. The molecule has 3 heteroatoms. The van der Waals surface area contributed by atoms with Gasteiger partial charge in [-0.1, -0.05) is 22.5 Å². The lowest BCUT2D eigenvalue weighted by Gasteiger charge is -2.02. The molecule has 0 radical (unpaired) electrons. The highest BCUT2D eigenvalue weighted by molar-refractivity contribution is 9.11. The number of rotatable bonds is 3. The molecule has 0 unspecified atom stereocenters. The first-order chi connectivity index (χ1) is 5.29. The van der Waals surface area contributed by atoms with Crippen molar-refractivity contribution in [1.82, 2.24) is 4.98 Å². The molecule has 0 atom stereocenters. The van der Waals surface area contributed by atoms with Gasteiger partial charge in [-0.15, -0.1) is 0 Å². The van der Waals surface area contributed by atoms with Gasteiger partial charge in [0.15, 0.2) is 0 Å². The van der Waals surface area contributed by atoms with E-state index < -0.39 is 0 Å². The maximum atomic E-state index is 5.26. The fourth-order valence-electron chi connectivity index (χ4n) is 0.594. The second kappa shape index (κ2) is 4.13. The Kier molecular flexibility index (Phi) is 3.11. The molecule has 0 aliphatic carbocycles. The molecule has 1 aromatic rings. The topological polar surface area (TPSA) is 22.1 Å². The summed E-state index contributed by atoms with van der Waals surface area (Å²) >= 11 is 3.19. The number of nitrogens with zero attached hydrogens (tertiary/aromatic N) is 1. The summed E-state index contributed by atoms with van der Waals surface area (Å²) in [5, 5.41) is 0. The van der Waals surface area contributed by atoms with E-state index in [0.717, 1.165) is 10.2 Å². The summed E-state index contributed by atoms with van der Waals surface area (Å²) in [7, 11) is 0. The van der Waals surface area contributed by atoms with E-state index in [4.69, 9.17) is 4.74 Å². The van der Waals surface area contributed by atoms with E-state index in [9.17, 15) is 0 Å². The molecular weight excluding hydrogens is 206 g/mol. The zero-order chi connectivity index (χ0) is 8.10. The van der Waals surface area contributed by atoms with E-state index in [0.29, 0.717) is 6.61 Å². The normalized spacial score (nSPS) is 9.18. The predicted octanol–water partition coefficient (Wildman–Crippen LogP) is 2.37. The summed E-state index contributed by atoms with van der Waals surface area (Å²) in [6, 6.07) is 3.68. The highest BCUT2D eigenvalue weighted by Crippen LogP contribution is 2.09. The van der Waals surface area contributed by atoms with Crippen LogP contribution in [0.5, 0.6) is 5.75 Å². The van der Waals surface area contributed by atoms with Gasteiger partial charge in [0.1, 0.15) is 12.4 Å². The molecule has 0 aliphatic heterocycles. The molecule has 0 aliphatic rings. The summed E-state index contributed by atoms with van der Waals surface area (Å²) in [5.74, 6) is 0.758. The van der Waals surface area contributed by atoms with Gasteiger partial charge in [-0.05, 0) is 12.1 Å². The van der Waals surface area contributed by atoms with Crippen LogP contribution in [0.2, 0.25) is 0 Å². The Morgan fingerprint density at radius 3 is 3.09 bits per heavy atom. The molecule has 0 saturated heterocycles. The van der Waals surface area contributed by atoms with Crippen LogP contribution in [0.15, 0.2) is 35.6 Å². The lowest BCUT2D eigenvalue weighted by Crippen LogP contribution is -1.95. The van der Waals surface area contributed by atoms with Crippen molar-refractivity contribution in [2.75, 3.05) is 6.61 Å². The van der Waals surface area contributed by atoms with Crippen LogP contribution in [-0.4, -0.2) is 11.6 Å². The van der Waals surface area contributed by atoms with E-state index in [-0.39, 0.29) is 0 Å². The number of hydrogen-bond donors (Lipinski definition) is 0. The number of halogens is 1. The van der Waals surface area contributed by atoms with Crippen molar-refractivity contribution < 1.29 is 4.74 Å². The van der Waals surface area contributed by atoms with Crippen LogP contribution in [0.25, 0.3) is 0 Å². The van der Waals surface area contributed by atoms with Gasteiger partial charge in [-0.3, -0.25) is 4.98 Å². The van der Waals surface area contributed by atoms with Crippen LogP contribution in [-0.2, 0) is 0 Å². The van der Waals surface area contributed by atoms with Crippen LogP contribution >= 0.6 is 15.9 Å². The summed E-state index contributed by atoms with van der Waals surface area (Å²) in [6.45, 7) is 4.12. The summed E-state index contributed by atoms with van der Waals surface area (Å²) in [5.41, 5.74) is 0. The summed E-state index contributed by atoms with van der Waals surface area (Å²) in [4.78, 5) is 3.89. The van der Waals surface area contributed by atoms with Crippen LogP contribution in [0.4, 0.5) is 0 Å². The third kappa shape index (κ3) is 3.18. The molecule has 0 aromatic carbocycles. The van der Waals surface area contributed by atoms with Crippen LogP contribution in [0.1, 0.15) is 0 Å². The molecule has 58 valence electrons. The van der Waals surface area contributed by atoms with Crippen LogP contribution in [0.3, 0.4) is 0 Å². The van der Waals surface area contributed by atoms with E-state index in [1.807, 2.05) is 12.1 Å². The minimum atomic E-state index is 0.478. The van der Waals surface area contributed by atoms with Crippen LogP contribution in [0, 0.1) is 0 Å². The fourth-order valence-corrected chi connectivity index (χ4v) is 0.709. The monoisotopic (exact) mass is 213 g/mol. The van der Waals surface area contributed by atoms with E-state index in [2.05, 4.69) is 27.5 Å². The fraction of sp³-hybridized carbons (Fsp3) is 0.125. The van der Waals surface area contributed by atoms with Crippen molar-refractivity contribution in [3.8, 4) is 5.75 Å². The number of ether oxygens (including phenoxy) is 1. The van der Waals surface area contributed by atoms with Crippen molar-refractivity contribution in [2.24, 2.45) is 0 Å². The Balaban J connectivity index is 2.45. The number of aromatic nitrogens is 1.